The highest BCUT2D eigenvalue weighted by Crippen LogP contribution is 2.37. The van der Waals surface area contributed by atoms with E-state index in [4.69, 9.17) is 47.4 Å². The normalized spacial score (nSPS) is 27.2. The van der Waals surface area contributed by atoms with Gasteiger partial charge in [-0.1, -0.05) is 115 Å². The average Bonchev–Trinajstić information content (AvgIpc) is 3.32. The Kier molecular flexibility index (Phi) is 13.9. The Hall–Kier alpha value is -5.77. The Labute approximate surface area is 353 Å². The molecule has 3 heterocycles. The van der Waals surface area contributed by atoms with Crippen molar-refractivity contribution in [2.45, 2.75) is 74.6 Å². The first-order valence-electron chi connectivity index (χ1n) is 20.1. The van der Waals surface area contributed by atoms with Gasteiger partial charge in [-0.2, -0.15) is 0 Å². The minimum Gasteiger partial charge on any atom is -0.452 e. The van der Waals surface area contributed by atoms with Crippen LogP contribution in [0, 0.1) is 0 Å². The number of carbonyl (C=O) groups excluding carboxylic acids is 3. The van der Waals surface area contributed by atoms with Crippen molar-refractivity contribution in [3.63, 3.8) is 0 Å². The Morgan fingerprint density at radius 1 is 0.574 bits per heavy atom. The third-order valence-electron chi connectivity index (χ3n) is 10.6. The van der Waals surface area contributed by atoms with Crippen LogP contribution >= 0.6 is 0 Å². The van der Waals surface area contributed by atoms with E-state index < -0.39 is 79.5 Å². The summed E-state index contributed by atoms with van der Waals surface area (Å²) >= 11 is 0. The van der Waals surface area contributed by atoms with Crippen molar-refractivity contribution in [3.8, 4) is 0 Å². The molecule has 3 aliphatic heterocycles. The predicted octanol–water partition coefficient (Wildman–Crippen LogP) is 6.87. The number of carbonyl (C=O) groups is 3. The molecule has 0 radical (unpaired) electrons. The maximum Gasteiger partial charge on any atom is 0.338 e. The molecule has 0 spiro atoms. The highest BCUT2D eigenvalue weighted by Gasteiger charge is 2.54. The largest absolute Gasteiger partial charge is 0.452 e. The molecule has 5 aromatic rings. The fourth-order valence-electron chi connectivity index (χ4n) is 7.50. The van der Waals surface area contributed by atoms with Crippen LogP contribution in [-0.4, -0.2) is 93.5 Å². The molecule has 3 fully saturated rings. The highest BCUT2D eigenvalue weighted by molar-refractivity contribution is 5.91. The van der Waals surface area contributed by atoms with Crippen LogP contribution in [-0.2, 0) is 54.0 Å². The second-order valence-electron chi connectivity index (χ2n) is 14.7. The molecule has 0 amide bonds. The Morgan fingerprint density at radius 3 is 1.64 bits per heavy atom. The second kappa shape index (κ2) is 20.2. The van der Waals surface area contributed by atoms with Crippen molar-refractivity contribution < 1.29 is 61.8 Å². The number of esters is 3. The molecule has 10 atom stereocenters. The minimum absolute atomic E-state index is 0.199. The van der Waals surface area contributed by atoms with Crippen LogP contribution in [0.5, 0.6) is 0 Å². The van der Waals surface area contributed by atoms with E-state index in [1.54, 1.807) is 91.0 Å². The maximum atomic E-state index is 13.8. The molecule has 316 valence electrons. The summed E-state index contributed by atoms with van der Waals surface area (Å²) in [6.45, 7) is 0.273. The smallest absolute Gasteiger partial charge is 0.338 e. The molecular weight excluding hydrogens is 785 g/mol. The summed E-state index contributed by atoms with van der Waals surface area (Å²) in [6.07, 6.45) is -9.40. The molecule has 3 aliphatic rings. The summed E-state index contributed by atoms with van der Waals surface area (Å²) in [5, 5.41) is 0. The zero-order valence-corrected chi connectivity index (χ0v) is 33.3. The molecule has 0 saturated carbocycles. The number of methoxy groups -OCH3 is 1. The van der Waals surface area contributed by atoms with Gasteiger partial charge in [-0.25, -0.2) is 14.4 Å². The van der Waals surface area contributed by atoms with Gasteiger partial charge in [0.25, 0.3) is 0 Å². The number of hydrogen-bond acceptors (Lipinski definition) is 13. The van der Waals surface area contributed by atoms with Crippen LogP contribution in [0.25, 0.3) is 0 Å². The van der Waals surface area contributed by atoms with Gasteiger partial charge in [0.1, 0.15) is 18.3 Å². The predicted molar refractivity (Wildman–Crippen MR) is 217 cm³/mol. The van der Waals surface area contributed by atoms with Gasteiger partial charge in [-0.05, 0) is 42.0 Å². The summed E-state index contributed by atoms with van der Waals surface area (Å²) in [4.78, 5) is 41.2. The van der Waals surface area contributed by atoms with Gasteiger partial charge >= 0.3 is 17.9 Å². The summed E-state index contributed by atoms with van der Waals surface area (Å²) in [5.74, 6) is -2.23. The van der Waals surface area contributed by atoms with Gasteiger partial charge in [0.2, 0.25) is 0 Å². The van der Waals surface area contributed by atoms with Gasteiger partial charge in [-0.15, -0.1) is 0 Å². The third kappa shape index (κ3) is 10.4. The van der Waals surface area contributed by atoms with Crippen LogP contribution in [0.4, 0.5) is 0 Å². The van der Waals surface area contributed by atoms with E-state index >= 15 is 0 Å². The van der Waals surface area contributed by atoms with Crippen molar-refractivity contribution in [2.75, 3.05) is 20.3 Å². The van der Waals surface area contributed by atoms with E-state index in [1.807, 2.05) is 60.7 Å². The lowest BCUT2D eigenvalue weighted by Gasteiger charge is -2.46. The quantitative estimate of drug-likeness (QED) is 0.0850. The topological polar surface area (TPSA) is 144 Å². The average molecular weight is 831 g/mol. The van der Waals surface area contributed by atoms with Crippen molar-refractivity contribution in [3.05, 3.63) is 179 Å². The summed E-state index contributed by atoms with van der Waals surface area (Å²) in [6, 6.07) is 44.4. The number of benzene rings is 5. The molecule has 0 aliphatic carbocycles. The van der Waals surface area contributed by atoms with Crippen LogP contribution in [0.1, 0.15) is 54.9 Å². The fraction of sp³-hybridized carbons (Fsp3) is 0.312. The van der Waals surface area contributed by atoms with Gasteiger partial charge in [0, 0.05) is 19.1 Å². The van der Waals surface area contributed by atoms with E-state index in [0.717, 1.165) is 11.1 Å². The first-order valence-corrected chi connectivity index (χ1v) is 20.1. The van der Waals surface area contributed by atoms with E-state index in [0.29, 0.717) is 6.61 Å². The maximum absolute atomic E-state index is 13.8. The van der Waals surface area contributed by atoms with Gasteiger partial charge in [0.05, 0.1) is 42.6 Å². The molecule has 5 aromatic carbocycles. The number of rotatable bonds is 14. The Morgan fingerprint density at radius 2 is 1.08 bits per heavy atom. The Bertz CT molecular complexity index is 2160. The lowest BCUT2D eigenvalue weighted by atomic mass is 9.97. The molecule has 0 N–H and O–H groups in total. The van der Waals surface area contributed by atoms with E-state index in [9.17, 15) is 14.4 Å². The summed E-state index contributed by atoms with van der Waals surface area (Å²) in [5.41, 5.74) is 2.53. The standard InChI is InChI=1S/C48H46O13/c1-52-48-43(60-46(51)34-23-13-5-14-24-34)42(59-45(50)33-21-11-4-12-22-33)41(58-44(49)32-19-9-3-10-20-32)38(57-48)29-54-39-27-36(53-28-31-17-7-2-8-18-31)40-37(56-39)30-55-47(61-40)35-25-15-6-16-26-35/h2-26,36-43,47-48H,27-30H2,1H3/t36-,37-,38-,39-,40+,41-,42+,43-,47?,48+/m1/s1. The van der Waals surface area contributed by atoms with Crippen LogP contribution in [0.3, 0.4) is 0 Å². The van der Waals surface area contributed by atoms with E-state index in [-0.39, 0.29) is 36.3 Å². The minimum atomic E-state index is -1.44. The second-order valence-corrected chi connectivity index (χ2v) is 14.7. The molecule has 8 rings (SSSR count). The first-order chi connectivity index (χ1) is 29.9. The summed E-state index contributed by atoms with van der Waals surface area (Å²) in [7, 11) is 1.36. The molecule has 13 heteroatoms. The van der Waals surface area contributed by atoms with Crippen LogP contribution in [0.15, 0.2) is 152 Å². The van der Waals surface area contributed by atoms with Crippen molar-refractivity contribution >= 4 is 17.9 Å². The van der Waals surface area contributed by atoms with Crippen LogP contribution < -0.4 is 0 Å². The van der Waals surface area contributed by atoms with Crippen molar-refractivity contribution in [1.82, 2.24) is 0 Å². The number of fused-ring (bicyclic) bond motifs is 1. The van der Waals surface area contributed by atoms with Gasteiger partial charge in [-0.3, -0.25) is 0 Å². The molecular formula is C48H46O13. The van der Waals surface area contributed by atoms with Gasteiger partial charge in [0.15, 0.2) is 37.2 Å². The monoisotopic (exact) mass is 830 g/mol. The van der Waals surface area contributed by atoms with Crippen molar-refractivity contribution in [2.24, 2.45) is 0 Å². The number of hydrogen-bond donors (Lipinski definition) is 0. The number of ether oxygens (including phenoxy) is 10. The molecule has 13 nitrogen and oxygen atoms in total. The molecule has 3 saturated heterocycles. The molecule has 0 bridgehead atoms. The molecule has 1 unspecified atom stereocenters. The van der Waals surface area contributed by atoms with Crippen molar-refractivity contribution in [1.29, 1.82) is 0 Å². The van der Waals surface area contributed by atoms with E-state index in [2.05, 4.69) is 0 Å². The first kappa shape index (κ1) is 41.9. The van der Waals surface area contributed by atoms with Crippen LogP contribution in [0.2, 0.25) is 0 Å². The zero-order chi connectivity index (χ0) is 42.0. The SMILES string of the molecule is CO[C@H]1O[C@H](CO[C@H]2C[C@@H](OCc3ccccc3)[C@@H]3OC(c4ccccc4)OC[C@H]3O2)[C@@H](OC(=O)c2ccccc2)[C@H](OC(=O)c2ccccc2)[C@H]1OC(=O)c1ccccc1. The van der Waals surface area contributed by atoms with Gasteiger partial charge < -0.3 is 47.4 Å². The Balaban J connectivity index is 1.06. The molecule has 61 heavy (non-hydrogen) atoms. The third-order valence-corrected chi connectivity index (χ3v) is 10.6. The summed E-state index contributed by atoms with van der Waals surface area (Å²) < 4.78 is 62.6. The lowest BCUT2D eigenvalue weighted by molar-refractivity contribution is -0.349. The lowest BCUT2D eigenvalue weighted by Crippen LogP contribution is -2.63. The zero-order valence-electron chi connectivity index (χ0n) is 33.3. The van der Waals surface area contributed by atoms with E-state index in [1.165, 1.54) is 7.11 Å². The fourth-order valence-corrected chi connectivity index (χ4v) is 7.50. The molecule has 0 aromatic heterocycles. The highest BCUT2D eigenvalue weighted by atomic mass is 16.8.